The Labute approximate surface area is 119 Å². The monoisotopic (exact) mass is 287 g/mol. The summed E-state index contributed by atoms with van der Waals surface area (Å²) in [6.45, 7) is 7.97. The lowest BCUT2D eigenvalue weighted by Crippen LogP contribution is -2.50. The highest BCUT2D eigenvalue weighted by Gasteiger charge is 2.19. The first kappa shape index (κ1) is 16.7. The molecule has 1 fully saturated rings. The summed E-state index contributed by atoms with van der Waals surface area (Å²) in [5.74, 6) is -0.991. The summed E-state index contributed by atoms with van der Waals surface area (Å²) in [6, 6.07) is -0.330. The van der Waals surface area contributed by atoms with Crippen LogP contribution in [0.4, 0.5) is 4.79 Å². The van der Waals surface area contributed by atoms with Gasteiger partial charge in [0.05, 0.1) is 13.2 Å². The maximum Gasteiger partial charge on any atom is 0.323 e. The molecular weight excluding hydrogens is 262 g/mol. The largest absolute Gasteiger partial charge is 0.480 e. The van der Waals surface area contributed by atoms with Gasteiger partial charge in [-0.05, 0) is 13.3 Å². The molecule has 2 amide bonds. The van der Waals surface area contributed by atoms with Crippen molar-refractivity contribution in [2.75, 3.05) is 45.9 Å². The molecule has 1 atom stereocenters. The van der Waals surface area contributed by atoms with Crippen molar-refractivity contribution in [3.8, 4) is 0 Å². The third-order valence-corrected chi connectivity index (χ3v) is 3.11. The minimum Gasteiger partial charge on any atom is -0.480 e. The number of morpholine rings is 1. The van der Waals surface area contributed by atoms with E-state index in [9.17, 15) is 9.59 Å². The molecule has 7 heteroatoms. The normalized spacial score (nSPS) is 17.5. The van der Waals surface area contributed by atoms with Crippen LogP contribution in [-0.4, -0.2) is 78.9 Å². The number of hydrogen-bond acceptors (Lipinski definition) is 4. The second-order valence-corrected chi connectivity index (χ2v) is 5.08. The lowest BCUT2D eigenvalue weighted by Gasteiger charge is -2.30. The van der Waals surface area contributed by atoms with Gasteiger partial charge in [0, 0.05) is 32.2 Å². The Morgan fingerprint density at radius 2 is 2.05 bits per heavy atom. The van der Waals surface area contributed by atoms with Gasteiger partial charge in [-0.1, -0.05) is 6.92 Å². The molecule has 1 heterocycles. The number of nitrogens with zero attached hydrogens (tertiary/aromatic N) is 2. The molecule has 0 aromatic carbocycles. The minimum absolute atomic E-state index is 0.0197. The third kappa shape index (κ3) is 6.21. The highest BCUT2D eigenvalue weighted by atomic mass is 16.5. The van der Waals surface area contributed by atoms with Crippen LogP contribution in [0.5, 0.6) is 0 Å². The van der Waals surface area contributed by atoms with E-state index in [-0.39, 0.29) is 18.6 Å². The van der Waals surface area contributed by atoms with Crippen LogP contribution in [0.3, 0.4) is 0 Å². The Morgan fingerprint density at radius 1 is 1.40 bits per heavy atom. The second kappa shape index (κ2) is 8.76. The fraction of sp³-hybridized carbons (Fsp3) is 0.846. The number of rotatable bonds is 7. The molecule has 1 rings (SSSR count). The number of carboxylic acid groups (broad SMARTS) is 1. The van der Waals surface area contributed by atoms with Crippen LogP contribution in [0.1, 0.15) is 20.3 Å². The van der Waals surface area contributed by atoms with Crippen molar-refractivity contribution in [3.05, 3.63) is 0 Å². The van der Waals surface area contributed by atoms with Gasteiger partial charge >= 0.3 is 12.0 Å². The number of carbonyl (C=O) groups is 2. The summed E-state index contributed by atoms with van der Waals surface area (Å²) in [6.07, 6.45) is 0.735. The highest BCUT2D eigenvalue weighted by molar-refractivity contribution is 5.80. The Bertz CT molecular complexity index is 319. The maximum absolute atomic E-state index is 12.0. The highest BCUT2D eigenvalue weighted by Crippen LogP contribution is 2.00. The van der Waals surface area contributed by atoms with Gasteiger partial charge in [-0.3, -0.25) is 9.69 Å². The molecule has 0 spiro atoms. The van der Waals surface area contributed by atoms with Gasteiger partial charge in [0.25, 0.3) is 0 Å². The van der Waals surface area contributed by atoms with E-state index >= 15 is 0 Å². The minimum atomic E-state index is -0.991. The molecule has 1 aliphatic heterocycles. The molecule has 20 heavy (non-hydrogen) atoms. The van der Waals surface area contributed by atoms with E-state index in [2.05, 4.69) is 10.2 Å². The Kier molecular flexibility index (Phi) is 7.32. The third-order valence-electron chi connectivity index (χ3n) is 3.11. The number of carboxylic acids is 1. The summed E-state index contributed by atoms with van der Waals surface area (Å²) in [7, 11) is 0. The zero-order valence-electron chi connectivity index (χ0n) is 12.3. The van der Waals surface area contributed by atoms with Gasteiger partial charge in [-0.15, -0.1) is 0 Å². The molecule has 0 aromatic heterocycles. The first-order chi connectivity index (χ1) is 9.52. The molecular formula is C13H25N3O4. The van der Waals surface area contributed by atoms with Crippen molar-refractivity contribution < 1.29 is 19.4 Å². The molecule has 0 bridgehead atoms. The van der Waals surface area contributed by atoms with E-state index in [1.165, 1.54) is 4.90 Å². The molecule has 0 saturated carbocycles. The second-order valence-electron chi connectivity index (χ2n) is 5.08. The average Bonchev–Trinajstić information content (AvgIpc) is 2.38. The van der Waals surface area contributed by atoms with Crippen molar-refractivity contribution >= 4 is 12.0 Å². The van der Waals surface area contributed by atoms with E-state index in [4.69, 9.17) is 9.84 Å². The molecule has 1 unspecified atom stereocenters. The smallest absolute Gasteiger partial charge is 0.323 e. The van der Waals surface area contributed by atoms with Crippen LogP contribution in [0.15, 0.2) is 0 Å². The van der Waals surface area contributed by atoms with Gasteiger partial charge in [-0.25, -0.2) is 4.79 Å². The van der Waals surface area contributed by atoms with Crippen LogP contribution in [0.25, 0.3) is 0 Å². The zero-order valence-corrected chi connectivity index (χ0v) is 12.3. The molecule has 1 aliphatic rings. The summed E-state index contributed by atoms with van der Waals surface area (Å²) < 4.78 is 5.27. The number of ether oxygens (including phenoxy) is 1. The standard InChI is InChI=1S/C13H25N3O4/c1-3-4-16(10-12(17)18)13(19)14-11(2)9-15-5-7-20-8-6-15/h11H,3-10H2,1-2H3,(H,14,19)(H,17,18). The van der Waals surface area contributed by atoms with Crippen LogP contribution in [0, 0.1) is 0 Å². The Morgan fingerprint density at radius 3 is 2.60 bits per heavy atom. The first-order valence-electron chi connectivity index (χ1n) is 7.10. The number of hydrogen-bond donors (Lipinski definition) is 2. The van der Waals surface area contributed by atoms with Crippen molar-refractivity contribution in [3.63, 3.8) is 0 Å². The van der Waals surface area contributed by atoms with Crippen LogP contribution < -0.4 is 5.32 Å². The van der Waals surface area contributed by atoms with Crippen LogP contribution in [-0.2, 0) is 9.53 Å². The van der Waals surface area contributed by atoms with Crippen molar-refractivity contribution in [1.29, 1.82) is 0 Å². The Hall–Kier alpha value is -1.34. The predicted octanol–water partition coefficient (Wildman–Crippen LogP) is 0.213. The molecule has 0 aromatic rings. The number of nitrogens with one attached hydrogen (secondary N) is 1. The fourth-order valence-corrected chi connectivity index (χ4v) is 2.20. The Balaban J connectivity index is 2.38. The van der Waals surface area contributed by atoms with Crippen LogP contribution in [0.2, 0.25) is 0 Å². The summed E-state index contributed by atoms with van der Waals surface area (Å²) >= 11 is 0. The predicted molar refractivity (Wildman–Crippen MR) is 74.8 cm³/mol. The van der Waals surface area contributed by atoms with Crippen molar-refractivity contribution in [2.24, 2.45) is 0 Å². The van der Waals surface area contributed by atoms with Gasteiger partial charge < -0.3 is 20.1 Å². The van der Waals surface area contributed by atoms with E-state index in [0.717, 1.165) is 39.3 Å². The van der Waals surface area contributed by atoms with Gasteiger partial charge in [-0.2, -0.15) is 0 Å². The van der Waals surface area contributed by atoms with Gasteiger partial charge in [0.15, 0.2) is 0 Å². The lowest BCUT2D eigenvalue weighted by molar-refractivity contribution is -0.137. The molecule has 0 radical (unpaired) electrons. The van der Waals surface area contributed by atoms with E-state index in [1.807, 2.05) is 13.8 Å². The molecule has 1 saturated heterocycles. The maximum atomic E-state index is 12.0. The number of carbonyl (C=O) groups excluding carboxylic acids is 1. The number of amides is 2. The summed E-state index contributed by atoms with van der Waals surface area (Å²) in [4.78, 5) is 26.3. The molecule has 0 aliphatic carbocycles. The number of urea groups is 1. The van der Waals surface area contributed by atoms with Crippen LogP contribution >= 0.6 is 0 Å². The molecule has 116 valence electrons. The van der Waals surface area contributed by atoms with Crippen molar-refractivity contribution in [2.45, 2.75) is 26.3 Å². The molecule has 2 N–H and O–H groups in total. The van der Waals surface area contributed by atoms with Gasteiger partial charge in [0.2, 0.25) is 0 Å². The van der Waals surface area contributed by atoms with E-state index < -0.39 is 5.97 Å². The molecule has 7 nitrogen and oxygen atoms in total. The average molecular weight is 287 g/mol. The topological polar surface area (TPSA) is 82.1 Å². The quantitative estimate of drug-likeness (QED) is 0.699. The van der Waals surface area contributed by atoms with Gasteiger partial charge in [0.1, 0.15) is 6.54 Å². The first-order valence-corrected chi connectivity index (χ1v) is 7.10. The fourth-order valence-electron chi connectivity index (χ4n) is 2.20. The zero-order chi connectivity index (χ0) is 15.0. The number of aliphatic carboxylic acids is 1. The summed E-state index contributed by atoms with van der Waals surface area (Å²) in [5, 5.41) is 11.7. The summed E-state index contributed by atoms with van der Waals surface area (Å²) in [5.41, 5.74) is 0. The SMILES string of the molecule is CCCN(CC(=O)O)C(=O)NC(C)CN1CCOCC1. The lowest BCUT2D eigenvalue weighted by atomic mass is 10.3. The van der Waals surface area contributed by atoms with Crippen molar-refractivity contribution in [1.82, 2.24) is 15.1 Å². The van der Waals surface area contributed by atoms with E-state index in [1.54, 1.807) is 0 Å². The van der Waals surface area contributed by atoms with E-state index in [0.29, 0.717) is 6.54 Å².